The first-order valence-electron chi connectivity index (χ1n) is 12.4. The Morgan fingerprint density at radius 3 is 2.10 bits per heavy atom. The average Bonchev–Trinajstić information content (AvgIpc) is 2.78. The van der Waals surface area contributed by atoms with Gasteiger partial charge in [-0.2, -0.15) is 0 Å². The number of unbranched alkanes of at least 4 members (excludes halogenated alkanes) is 11. The van der Waals surface area contributed by atoms with E-state index in [0.29, 0.717) is 0 Å². The molecule has 0 amide bonds. The van der Waals surface area contributed by atoms with Crippen LogP contribution in [0, 0.1) is 0 Å². The summed E-state index contributed by atoms with van der Waals surface area (Å²) >= 11 is 0. The van der Waals surface area contributed by atoms with Crippen molar-refractivity contribution in [3.63, 3.8) is 0 Å². The number of benzene rings is 1. The fourth-order valence-corrected chi connectivity index (χ4v) is 3.91. The number of hydrogen-bond donors (Lipinski definition) is 0. The van der Waals surface area contributed by atoms with Crippen LogP contribution < -0.4 is 4.74 Å². The molecule has 0 saturated heterocycles. The molecule has 0 N–H and O–H groups in total. The summed E-state index contributed by atoms with van der Waals surface area (Å²) in [6.07, 6.45) is 21.6. The zero-order valence-corrected chi connectivity index (χ0v) is 19.4. The highest BCUT2D eigenvalue weighted by Gasteiger charge is 2.12. The van der Waals surface area contributed by atoms with Gasteiger partial charge in [0.2, 0.25) is 0 Å². The third-order valence-corrected chi connectivity index (χ3v) is 5.74. The molecule has 0 radical (unpaired) electrons. The van der Waals surface area contributed by atoms with Gasteiger partial charge < -0.3 is 4.74 Å². The lowest BCUT2D eigenvalue weighted by Crippen LogP contribution is -2.01. The first-order chi connectivity index (χ1) is 14.9. The van der Waals surface area contributed by atoms with Crippen molar-refractivity contribution in [2.75, 3.05) is 6.61 Å². The quantitative estimate of drug-likeness (QED) is 0.247. The van der Waals surface area contributed by atoms with Crippen LogP contribution in [0.5, 0.6) is 5.75 Å². The number of aryl methyl sites for hydroxylation is 1. The second kappa shape index (κ2) is 15.9. The molecule has 2 aromatic rings. The lowest BCUT2D eigenvalue weighted by molar-refractivity contribution is 0.305. The van der Waals surface area contributed by atoms with Crippen LogP contribution in [-0.4, -0.2) is 16.6 Å². The maximum Gasteiger partial charge on any atom is 0.128 e. The van der Waals surface area contributed by atoms with Crippen molar-refractivity contribution in [3.05, 3.63) is 42.4 Å². The van der Waals surface area contributed by atoms with Crippen molar-refractivity contribution in [1.82, 2.24) is 9.97 Å². The van der Waals surface area contributed by atoms with Crippen molar-refractivity contribution < 1.29 is 4.74 Å². The van der Waals surface area contributed by atoms with Crippen LogP contribution >= 0.6 is 0 Å². The van der Waals surface area contributed by atoms with Gasteiger partial charge in [0.25, 0.3) is 0 Å². The fraction of sp³-hybridized carbons (Fsp3) is 0.630. The summed E-state index contributed by atoms with van der Waals surface area (Å²) in [5.41, 5.74) is 3.37. The van der Waals surface area contributed by atoms with Gasteiger partial charge in [-0.15, -0.1) is 0 Å². The summed E-state index contributed by atoms with van der Waals surface area (Å²) in [5, 5.41) is 0. The molecule has 1 heterocycles. The molecule has 0 unspecified atom stereocenters. The van der Waals surface area contributed by atoms with Crippen molar-refractivity contribution in [2.45, 2.75) is 104 Å². The zero-order chi connectivity index (χ0) is 21.3. The zero-order valence-electron chi connectivity index (χ0n) is 19.4. The minimum absolute atomic E-state index is 0.781. The van der Waals surface area contributed by atoms with E-state index in [4.69, 9.17) is 4.74 Å². The Hall–Kier alpha value is -1.90. The lowest BCUT2D eigenvalue weighted by atomic mass is 10.0. The predicted octanol–water partition coefficient (Wildman–Crippen LogP) is 8.18. The fourth-order valence-electron chi connectivity index (χ4n) is 3.91. The first kappa shape index (κ1) is 24.4. The van der Waals surface area contributed by atoms with Gasteiger partial charge in [0.1, 0.15) is 12.1 Å². The second-order valence-corrected chi connectivity index (χ2v) is 8.38. The Labute approximate surface area is 184 Å². The number of aromatic nitrogens is 2. The molecular weight excluding hydrogens is 368 g/mol. The van der Waals surface area contributed by atoms with Crippen LogP contribution in [0.15, 0.2) is 36.8 Å². The number of rotatable bonds is 17. The van der Waals surface area contributed by atoms with Gasteiger partial charge in [0.15, 0.2) is 0 Å². The monoisotopic (exact) mass is 410 g/mol. The number of ether oxygens (including phenoxy) is 1. The van der Waals surface area contributed by atoms with E-state index in [2.05, 4.69) is 48.1 Å². The summed E-state index contributed by atoms with van der Waals surface area (Å²) in [7, 11) is 0. The summed E-state index contributed by atoms with van der Waals surface area (Å²) < 4.78 is 6.19. The second-order valence-electron chi connectivity index (χ2n) is 8.38. The maximum absolute atomic E-state index is 6.19. The number of hydrogen-bond acceptors (Lipinski definition) is 3. The van der Waals surface area contributed by atoms with Crippen molar-refractivity contribution in [3.8, 4) is 17.0 Å². The molecule has 0 bridgehead atoms. The Kier molecular flexibility index (Phi) is 12.9. The molecule has 2 rings (SSSR count). The lowest BCUT2D eigenvalue weighted by Gasteiger charge is -2.13. The van der Waals surface area contributed by atoms with E-state index in [0.717, 1.165) is 36.5 Å². The minimum Gasteiger partial charge on any atom is -0.493 e. The highest BCUT2D eigenvalue weighted by Crippen LogP contribution is 2.31. The smallest absolute Gasteiger partial charge is 0.128 e. The van der Waals surface area contributed by atoms with Crippen LogP contribution in [0.25, 0.3) is 11.3 Å². The summed E-state index contributed by atoms with van der Waals surface area (Å²) in [5.74, 6) is 0.950. The van der Waals surface area contributed by atoms with Gasteiger partial charge in [-0.25, -0.2) is 9.97 Å². The molecule has 0 atom stereocenters. The van der Waals surface area contributed by atoms with Gasteiger partial charge in [-0.3, -0.25) is 0 Å². The van der Waals surface area contributed by atoms with Crippen molar-refractivity contribution in [1.29, 1.82) is 0 Å². The van der Waals surface area contributed by atoms with Crippen LogP contribution in [0.1, 0.15) is 103 Å². The average molecular weight is 411 g/mol. The number of nitrogens with zero attached hydrogens (tertiary/aromatic N) is 2. The van der Waals surface area contributed by atoms with Gasteiger partial charge in [0.05, 0.1) is 12.3 Å². The predicted molar refractivity (Wildman–Crippen MR) is 128 cm³/mol. The molecule has 0 fully saturated rings. The van der Waals surface area contributed by atoms with Crippen LogP contribution in [-0.2, 0) is 6.42 Å². The Balaban J connectivity index is 1.84. The molecule has 0 spiro atoms. The molecule has 166 valence electrons. The van der Waals surface area contributed by atoms with Crippen molar-refractivity contribution in [2.24, 2.45) is 0 Å². The first-order valence-corrected chi connectivity index (χ1v) is 12.4. The van der Waals surface area contributed by atoms with E-state index in [9.17, 15) is 0 Å². The Bertz CT molecular complexity index is 686. The van der Waals surface area contributed by atoms with Gasteiger partial charge >= 0.3 is 0 Å². The molecule has 0 aliphatic carbocycles. The Morgan fingerprint density at radius 1 is 0.733 bits per heavy atom. The van der Waals surface area contributed by atoms with E-state index < -0.39 is 0 Å². The molecule has 1 aromatic carbocycles. The molecule has 3 heteroatoms. The third kappa shape index (κ3) is 9.28. The summed E-state index contributed by atoms with van der Waals surface area (Å²) in [4.78, 5) is 8.91. The third-order valence-electron chi connectivity index (χ3n) is 5.74. The maximum atomic E-state index is 6.19. The van der Waals surface area contributed by atoms with Gasteiger partial charge in [-0.1, -0.05) is 96.6 Å². The van der Waals surface area contributed by atoms with Crippen molar-refractivity contribution >= 4 is 0 Å². The minimum atomic E-state index is 0.781. The van der Waals surface area contributed by atoms with E-state index in [-0.39, 0.29) is 0 Å². The topological polar surface area (TPSA) is 35.0 Å². The molecular formula is C27H42N2O. The highest BCUT2D eigenvalue weighted by atomic mass is 16.5. The van der Waals surface area contributed by atoms with Crippen LogP contribution in [0.4, 0.5) is 0 Å². The van der Waals surface area contributed by atoms with Crippen LogP contribution in [0.3, 0.4) is 0 Å². The SMILES string of the molecule is CCCCCCCCCCOc1ccccc1-c1ncncc1CCCCCCC. The van der Waals surface area contributed by atoms with E-state index in [1.54, 1.807) is 6.33 Å². The van der Waals surface area contributed by atoms with Crippen LogP contribution in [0.2, 0.25) is 0 Å². The highest BCUT2D eigenvalue weighted by molar-refractivity contribution is 5.69. The largest absolute Gasteiger partial charge is 0.493 e. The molecule has 0 aliphatic heterocycles. The molecule has 0 aliphatic rings. The molecule has 3 nitrogen and oxygen atoms in total. The Morgan fingerprint density at radius 2 is 1.37 bits per heavy atom. The standard InChI is InChI=1S/C27H42N2O/c1-3-5-7-9-10-11-13-17-21-30-26-20-16-15-19-25(26)27-24(22-28-23-29-27)18-14-12-8-6-4-2/h15-16,19-20,22-23H,3-14,17-18,21H2,1-2H3. The molecule has 1 aromatic heterocycles. The summed E-state index contributed by atoms with van der Waals surface area (Å²) in [6, 6.07) is 8.34. The van der Waals surface area contributed by atoms with E-state index >= 15 is 0 Å². The molecule has 30 heavy (non-hydrogen) atoms. The molecule has 0 saturated carbocycles. The summed E-state index contributed by atoms with van der Waals surface area (Å²) in [6.45, 7) is 5.31. The van der Waals surface area contributed by atoms with E-state index in [1.807, 2.05) is 6.20 Å². The normalized spacial score (nSPS) is 11.0. The van der Waals surface area contributed by atoms with Gasteiger partial charge in [-0.05, 0) is 37.0 Å². The van der Waals surface area contributed by atoms with Gasteiger partial charge in [0, 0.05) is 11.8 Å². The number of para-hydroxylation sites is 1. The van der Waals surface area contributed by atoms with E-state index in [1.165, 1.54) is 82.6 Å².